The van der Waals surface area contributed by atoms with Crippen molar-refractivity contribution in [3.8, 4) is 5.75 Å². The molecule has 1 aliphatic heterocycles. The molecule has 1 unspecified atom stereocenters. The number of halogens is 5. The summed E-state index contributed by atoms with van der Waals surface area (Å²) >= 11 is 11.0. The number of likely N-dealkylation sites (tertiary alicyclic amines) is 1. The lowest BCUT2D eigenvalue weighted by Gasteiger charge is -2.38. The van der Waals surface area contributed by atoms with E-state index in [1.165, 1.54) is 4.90 Å². The van der Waals surface area contributed by atoms with E-state index in [2.05, 4.69) is 0 Å². The number of alkyl halides is 3. The molecule has 0 aliphatic carbocycles. The summed E-state index contributed by atoms with van der Waals surface area (Å²) in [5.41, 5.74) is -0.858. The molecule has 1 aromatic rings. The summed E-state index contributed by atoms with van der Waals surface area (Å²) < 4.78 is 42.7. The van der Waals surface area contributed by atoms with Crippen LogP contribution in [0.15, 0.2) is 18.2 Å². The van der Waals surface area contributed by atoms with Gasteiger partial charge in [0.15, 0.2) is 6.23 Å². The van der Waals surface area contributed by atoms with E-state index in [0.717, 1.165) is 18.2 Å². The molecule has 3 nitrogen and oxygen atoms in total. The van der Waals surface area contributed by atoms with Crippen LogP contribution in [0, 0.1) is 0 Å². The minimum absolute atomic E-state index is 0.0854. The van der Waals surface area contributed by atoms with Crippen LogP contribution in [0.5, 0.6) is 5.75 Å². The van der Waals surface area contributed by atoms with Crippen LogP contribution in [-0.2, 0) is 6.18 Å². The molecule has 8 heteroatoms. The molecule has 19 heavy (non-hydrogen) atoms. The Labute approximate surface area is 116 Å². The number of hydrogen-bond donors (Lipinski definition) is 0. The Morgan fingerprint density at radius 3 is 2.53 bits per heavy atom. The standard InChI is InChI=1S/C11H8Cl2F3NO2/c12-7-5-6(11(14,15)16)1-2-8(7)19-9-3-4-17(9)10(13)18/h1-2,5,9H,3-4H2. The third-order valence-corrected chi connectivity index (χ3v) is 3.23. The van der Waals surface area contributed by atoms with E-state index in [9.17, 15) is 18.0 Å². The van der Waals surface area contributed by atoms with E-state index in [-0.39, 0.29) is 10.8 Å². The van der Waals surface area contributed by atoms with Gasteiger partial charge in [0.05, 0.1) is 10.6 Å². The van der Waals surface area contributed by atoms with E-state index in [4.69, 9.17) is 27.9 Å². The molecule has 1 atom stereocenters. The summed E-state index contributed by atoms with van der Waals surface area (Å²) in [7, 11) is 0. The van der Waals surface area contributed by atoms with Crippen molar-refractivity contribution in [1.29, 1.82) is 0 Å². The maximum absolute atomic E-state index is 12.4. The molecule has 2 rings (SSSR count). The van der Waals surface area contributed by atoms with Crippen LogP contribution >= 0.6 is 23.2 Å². The van der Waals surface area contributed by atoms with Crippen LogP contribution in [0.1, 0.15) is 12.0 Å². The molecular formula is C11H8Cl2F3NO2. The first-order valence-corrected chi connectivity index (χ1v) is 6.04. The summed E-state index contributed by atoms with van der Waals surface area (Å²) in [6.07, 6.45) is -4.49. The van der Waals surface area contributed by atoms with Crippen molar-refractivity contribution >= 4 is 28.6 Å². The number of amides is 1. The summed E-state index contributed by atoms with van der Waals surface area (Å²) in [5.74, 6) is 0.0854. The monoisotopic (exact) mass is 313 g/mol. The van der Waals surface area contributed by atoms with E-state index in [1.807, 2.05) is 0 Å². The Balaban J connectivity index is 2.12. The van der Waals surface area contributed by atoms with Gasteiger partial charge in [0.2, 0.25) is 0 Å². The lowest BCUT2D eigenvalue weighted by atomic mass is 10.2. The van der Waals surface area contributed by atoms with Gasteiger partial charge >= 0.3 is 11.5 Å². The summed E-state index contributed by atoms with van der Waals surface area (Å²) in [6.45, 7) is 0.450. The van der Waals surface area contributed by atoms with Crippen LogP contribution < -0.4 is 4.74 Å². The summed E-state index contributed by atoms with van der Waals surface area (Å²) in [6, 6.07) is 2.77. The number of hydrogen-bond acceptors (Lipinski definition) is 2. The number of nitrogens with zero attached hydrogens (tertiary/aromatic N) is 1. The number of ether oxygens (including phenoxy) is 1. The largest absolute Gasteiger partial charge is 0.469 e. The molecule has 0 aromatic heterocycles. The van der Waals surface area contributed by atoms with Crippen molar-refractivity contribution in [2.45, 2.75) is 18.8 Å². The predicted molar refractivity (Wildman–Crippen MR) is 63.4 cm³/mol. The average molecular weight is 314 g/mol. The minimum Gasteiger partial charge on any atom is -0.469 e. The first-order chi connectivity index (χ1) is 8.79. The van der Waals surface area contributed by atoms with Gasteiger partial charge in [-0.15, -0.1) is 0 Å². The van der Waals surface area contributed by atoms with Gasteiger partial charge in [0.25, 0.3) is 0 Å². The molecule has 0 saturated carbocycles. The second-order valence-electron chi connectivity index (χ2n) is 3.95. The Morgan fingerprint density at radius 1 is 1.42 bits per heavy atom. The number of benzene rings is 1. The fourth-order valence-corrected chi connectivity index (χ4v) is 2.03. The van der Waals surface area contributed by atoms with E-state index in [0.29, 0.717) is 13.0 Å². The highest BCUT2D eigenvalue weighted by atomic mass is 35.5. The molecular weight excluding hydrogens is 306 g/mol. The Bertz CT molecular complexity index is 507. The predicted octanol–water partition coefficient (Wildman–Crippen LogP) is 4.13. The van der Waals surface area contributed by atoms with Crippen LogP contribution in [0.2, 0.25) is 5.02 Å². The van der Waals surface area contributed by atoms with Crippen molar-refractivity contribution in [2.75, 3.05) is 6.54 Å². The highest BCUT2D eigenvalue weighted by Gasteiger charge is 2.34. The molecule has 0 radical (unpaired) electrons. The minimum atomic E-state index is -4.46. The fourth-order valence-electron chi connectivity index (χ4n) is 1.61. The quantitative estimate of drug-likeness (QED) is 0.607. The fraction of sp³-hybridized carbons (Fsp3) is 0.364. The van der Waals surface area contributed by atoms with E-state index < -0.39 is 23.3 Å². The third-order valence-electron chi connectivity index (χ3n) is 2.71. The molecule has 1 heterocycles. The Morgan fingerprint density at radius 2 is 2.11 bits per heavy atom. The highest BCUT2D eigenvalue weighted by molar-refractivity contribution is 6.62. The van der Waals surface area contributed by atoms with Gasteiger partial charge in [-0.05, 0) is 29.8 Å². The Hall–Kier alpha value is -1.14. The maximum atomic E-state index is 12.4. The van der Waals surface area contributed by atoms with Gasteiger partial charge < -0.3 is 4.74 Å². The van der Waals surface area contributed by atoms with Crippen LogP contribution in [-0.4, -0.2) is 23.0 Å². The molecule has 1 fully saturated rings. The van der Waals surface area contributed by atoms with Crippen molar-refractivity contribution < 1.29 is 22.7 Å². The Kier molecular flexibility index (Phi) is 3.82. The molecule has 1 amide bonds. The number of rotatable bonds is 2. The normalized spacial score (nSPS) is 19.0. The first kappa shape index (κ1) is 14.3. The smallest absolute Gasteiger partial charge is 0.416 e. The van der Waals surface area contributed by atoms with Gasteiger partial charge in [-0.2, -0.15) is 13.2 Å². The van der Waals surface area contributed by atoms with Gasteiger partial charge in [-0.25, -0.2) is 0 Å². The molecule has 1 aromatic carbocycles. The second kappa shape index (κ2) is 5.09. The number of carbonyl (C=O) groups excluding carboxylic acids is 1. The van der Waals surface area contributed by atoms with Crippen LogP contribution in [0.3, 0.4) is 0 Å². The van der Waals surface area contributed by atoms with Crippen LogP contribution in [0.4, 0.5) is 18.0 Å². The summed E-state index contributed by atoms with van der Waals surface area (Å²) in [5, 5.41) is -0.831. The molecule has 0 N–H and O–H groups in total. The summed E-state index contributed by atoms with van der Waals surface area (Å²) in [4.78, 5) is 12.2. The zero-order valence-electron chi connectivity index (χ0n) is 9.38. The van der Waals surface area contributed by atoms with Gasteiger partial charge in [-0.1, -0.05) is 11.6 Å². The van der Waals surface area contributed by atoms with Crippen molar-refractivity contribution in [2.24, 2.45) is 0 Å². The maximum Gasteiger partial charge on any atom is 0.416 e. The van der Waals surface area contributed by atoms with Gasteiger partial charge in [0, 0.05) is 13.0 Å². The van der Waals surface area contributed by atoms with Gasteiger partial charge in [-0.3, -0.25) is 9.69 Å². The average Bonchev–Trinajstić information content (AvgIpc) is 2.23. The highest BCUT2D eigenvalue weighted by Crippen LogP contribution is 2.36. The topological polar surface area (TPSA) is 29.5 Å². The van der Waals surface area contributed by atoms with Crippen molar-refractivity contribution in [3.63, 3.8) is 0 Å². The molecule has 1 aliphatic rings. The number of carbonyl (C=O) groups is 1. The second-order valence-corrected chi connectivity index (χ2v) is 4.68. The molecule has 0 spiro atoms. The van der Waals surface area contributed by atoms with Crippen LogP contribution in [0.25, 0.3) is 0 Å². The lowest BCUT2D eigenvalue weighted by molar-refractivity contribution is -0.137. The first-order valence-electron chi connectivity index (χ1n) is 5.28. The zero-order valence-corrected chi connectivity index (χ0v) is 10.9. The van der Waals surface area contributed by atoms with E-state index in [1.54, 1.807) is 0 Å². The molecule has 1 saturated heterocycles. The van der Waals surface area contributed by atoms with Crippen molar-refractivity contribution in [3.05, 3.63) is 28.8 Å². The molecule has 104 valence electrons. The SMILES string of the molecule is O=C(Cl)N1CCC1Oc1ccc(C(F)(F)F)cc1Cl. The molecule has 0 bridgehead atoms. The van der Waals surface area contributed by atoms with Crippen molar-refractivity contribution in [1.82, 2.24) is 4.90 Å². The lowest BCUT2D eigenvalue weighted by Crippen LogP contribution is -2.52. The van der Waals surface area contributed by atoms with E-state index >= 15 is 0 Å². The van der Waals surface area contributed by atoms with Gasteiger partial charge in [0.1, 0.15) is 5.75 Å². The third kappa shape index (κ3) is 3.06. The zero-order chi connectivity index (χ0) is 14.2.